The number of carbonyl (C=O) groups is 2. The molecule has 0 spiro atoms. The Kier molecular flexibility index (Phi) is 5.03. The smallest absolute Gasteiger partial charge is 0.273 e. The highest BCUT2D eigenvalue weighted by Gasteiger charge is 2.57. The fourth-order valence-electron chi connectivity index (χ4n) is 5.00. The van der Waals surface area contributed by atoms with Crippen molar-refractivity contribution in [3.8, 4) is 0 Å². The number of nitrogens with zero attached hydrogens (tertiary/aromatic N) is 3. The first-order valence-corrected chi connectivity index (χ1v) is 10.9. The quantitative estimate of drug-likeness (QED) is 0.769. The number of hydrogen-bond donors (Lipinski definition) is 1. The normalized spacial score (nSPS) is 25.3. The number of carbonyl (C=O) groups excluding carboxylic acids is 2. The van der Waals surface area contributed by atoms with E-state index in [1.165, 1.54) is 11.6 Å². The van der Waals surface area contributed by atoms with E-state index in [1.54, 1.807) is 18.1 Å². The van der Waals surface area contributed by atoms with Crippen LogP contribution in [0.25, 0.3) is 0 Å². The lowest BCUT2D eigenvalue weighted by Crippen LogP contribution is -2.51. The number of ether oxygens (including phenoxy) is 1. The van der Waals surface area contributed by atoms with Gasteiger partial charge >= 0.3 is 0 Å². The number of nitrogens with one attached hydrogen (secondary N) is 1. The van der Waals surface area contributed by atoms with Gasteiger partial charge in [-0.2, -0.15) is 5.10 Å². The van der Waals surface area contributed by atoms with Gasteiger partial charge < -0.3 is 15.0 Å². The van der Waals surface area contributed by atoms with Gasteiger partial charge in [0.15, 0.2) is 0 Å². The monoisotopic (exact) mass is 444 g/mol. The number of amides is 2. The number of aromatic nitrogens is 2. The number of piperidine rings is 1. The van der Waals surface area contributed by atoms with Crippen molar-refractivity contribution >= 4 is 11.8 Å². The predicted molar refractivity (Wildman–Crippen MR) is 111 cm³/mol. The van der Waals surface area contributed by atoms with E-state index in [1.807, 2.05) is 6.92 Å². The van der Waals surface area contributed by atoms with Crippen molar-refractivity contribution in [2.24, 2.45) is 18.9 Å². The summed E-state index contributed by atoms with van der Waals surface area (Å²) in [4.78, 5) is 28.4. The summed E-state index contributed by atoms with van der Waals surface area (Å²) in [5, 5.41) is 7.07. The van der Waals surface area contributed by atoms with Crippen LogP contribution in [0.2, 0.25) is 0 Å². The maximum Gasteiger partial charge on any atom is 0.273 e. The molecule has 1 saturated carbocycles. The maximum atomic E-state index is 14.7. The van der Waals surface area contributed by atoms with Crippen molar-refractivity contribution in [3.63, 3.8) is 0 Å². The predicted octanol–water partition coefficient (Wildman–Crippen LogP) is 2.42. The minimum atomic E-state index is -0.723. The van der Waals surface area contributed by atoms with Crippen LogP contribution in [-0.4, -0.2) is 51.8 Å². The molecule has 2 aliphatic heterocycles. The molecule has 2 amide bonds. The summed E-state index contributed by atoms with van der Waals surface area (Å²) < 4.78 is 35.8. The molecule has 0 radical (unpaired) electrons. The van der Waals surface area contributed by atoms with Gasteiger partial charge in [0.1, 0.15) is 23.4 Å². The average Bonchev–Trinajstić information content (AvgIpc) is 3.23. The van der Waals surface area contributed by atoms with Crippen LogP contribution < -0.4 is 5.32 Å². The summed E-state index contributed by atoms with van der Waals surface area (Å²) in [5.74, 6) is -1.51. The van der Waals surface area contributed by atoms with E-state index < -0.39 is 23.7 Å². The van der Waals surface area contributed by atoms with Crippen LogP contribution >= 0.6 is 0 Å². The molecule has 32 heavy (non-hydrogen) atoms. The molecule has 3 heterocycles. The minimum Gasteiger partial charge on any atom is -0.381 e. The second-order valence-corrected chi connectivity index (χ2v) is 9.23. The highest BCUT2D eigenvalue weighted by Crippen LogP contribution is 2.48. The lowest BCUT2D eigenvalue weighted by atomic mass is 9.90. The summed E-state index contributed by atoms with van der Waals surface area (Å²) in [7, 11) is 1.71. The van der Waals surface area contributed by atoms with Crippen LogP contribution in [0.15, 0.2) is 18.3 Å². The first-order valence-electron chi connectivity index (χ1n) is 10.9. The van der Waals surface area contributed by atoms with Crippen molar-refractivity contribution in [2.75, 3.05) is 13.2 Å². The zero-order chi connectivity index (χ0) is 22.7. The average molecular weight is 444 g/mol. The zero-order valence-electron chi connectivity index (χ0n) is 18.3. The van der Waals surface area contributed by atoms with Gasteiger partial charge in [0, 0.05) is 24.6 Å². The first-order chi connectivity index (χ1) is 15.3. The molecule has 3 fully saturated rings. The number of rotatable bonds is 5. The van der Waals surface area contributed by atoms with E-state index >= 15 is 0 Å². The van der Waals surface area contributed by atoms with Crippen molar-refractivity contribution < 1.29 is 23.1 Å². The lowest BCUT2D eigenvalue weighted by Gasteiger charge is -2.36. The Bertz CT molecular complexity index is 1080. The molecule has 7 nitrogen and oxygen atoms in total. The van der Waals surface area contributed by atoms with E-state index in [0.29, 0.717) is 31.2 Å². The fourth-order valence-corrected chi connectivity index (χ4v) is 5.00. The van der Waals surface area contributed by atoms with E-state index in [0.717, 1.165) is 24.1 Å². The van der Waals surface area contributed by atoms with Crippen molar-refractivity contribution in [2.45, 2.75) is 44.8 Å². The summed E-state index contributed by atoms with van der Waals surface area (Å²) in [6.45, 7) is 4.02. The Morgan fingerprint density at radius 3 is 2.53 bits per heavy atom. The fraction of sp³-hybridized carbons (Fsp3) is 0.522. The molecule has 1 aliphatic carbocycles. The molecule has 1 aromatic heterocycles. The van der Waals surface area contributed by atoms with Crippen LogP contribution in [0.4, 0.5) is 8.78 Å². The van der Waals surface area contributed by atoms with Gasteiger partial charge in [0.2, 0.25) is 5.91 Å². The molecule has 2 aromatic rings. The molecule has 3 aliphatic rings. The van der Waals surface area contributed by atoms with Gasteiger partial charge in [-0.25, -0.2) is 8.78 Å². The van der Waals surface area contributed by atoms with Gasteiger partial charge in [0.25, 0.3) is 5.91 Å². The summed E-state index contributed by atoms with van der Waals surface area (Å²) in [6.07, 6.45) is 3.08. The second kappa shape index (κ2) is 7.65. The van der Waals surface area contributed by atoms with Crippen molar-refractivity contribution in [3.05, 3.63) is 52.3 Å². The van der Waals surface area contributed by atoms with Gasteiger partial charge in [-0.1, -0.05) is 0 Å². The van der Waals surface area contributed by atoms with Gasteiger partial charge in [0.05, 0.1) is 25.5 Å². The summed E-state index contributed by atoms with van der Waals surface area (Å²) >= 11 is 0. The molecule has 0 bridgehead atoms. The molecule has 2 saturated heterocycles. The third-order valence-electron chi connectivity index (χ3n) is 7.01. The number of likely N-dealkylation sites (tertiary alicyclic amines) is 1. The summed E-state index contributed by atoms with van der Waals surface area (Å²) in [6, 6.07) is 0.963. The number of halogens is 2. The van der Waals surface area contributed by atoms with Crippen molar-refractivity contribution in [1.82, 2.24) is 20.0 Å². The van der Waals surface area contributed by atoms with Crippen molar-refractivity contribution in [1.29, 1.82) is 0 Å². The Balaban J connectivity index is 1.41. The lowest BCUT2D eigenvalue weighted by molar-refractivity contribution is -0.128. The van der Waals surface area contributed by atoms with E-state index in [4.69, 9.17) is 4.74 Å². The first kappa shape index (κ1) is 21.1. The largest absolute Gasteiger partial charge is 0.381 e. The van der Waals surface area contributed by atoms with Crippen LogP contribution in [0, 0.1) is 37.3 Å². The van der Waals surface area contributed by atoms with E-state index in [-0.39, 0.29) is 34.9 Å². The number of aryl methyl sites for hydroxylation is 3. The van der Waals surface area contributed by atoms with Crippen LogP contribution in [0.1, 0.15) is 46.1 Å². The molecule has 170 valence electrons. The minimum absolute atomic E-state index is 0.0339. The standard InChI is InChI=1S/C23H26F2N4O3/c1-11-4-17(25)15(7-16(11)24)20(14-9-32-10-14)27-22(30)19-6-13-5-18(13)29(19)23(31)21-12(2)8-26-28(21)3/h4,7-8,13-14,18-20H,5-6,9-10H2,1-3H3,(H,27,30)/t13-,18-,19-,20-/m1/s1. The zero-order valence-corrected chi connectivity index (χ0v) is 18.3. The highest BCUT2D eigenvalue weighted by molar-refractivity contribution is 5.98. The molecule has 1 aromatic carbocycles. The van der Waals surface area contributed by atoms with Crippen LogP contribution in [0.5, 0.6) is 0 Å². The molecular formula is C23H26F2N4O3. The SMILES string of the molecule is Cc1cc(F)c([C@H](NC(=O)[C@H]2C[C@H]3C[C@H]3N2C(=O)c2c(C)cnn2C)C2COC2)cc1F. The third-order valence-corrected chi connectivity index (χ3v) is 7.01. The number of hydrogen-bond acceptors (Lipinski definition) is 4. The topological polar surface area (TPSA) is 76.5 Å². The van der Waals surface area contributed by atoms with Gasteiger partial charge in [-0.05, 0) is 55.9 Å². The van der Waals surface area contributed by atoms with E-state index in [9.17, 15) is 18.4 Å². The Hall–Kier alpha value is -2.81. The Morgan fingerprint density at radius 1 is 1.16 bits per heavy atom. The van der Waals surface area contributed by atoms with Gasteiger partial charge in [-0.15, -0.1) is 0 Å². The van der Waals surface area contributed by atoms with Crippen LogP contribution in [-0.2, 0) is 16.6 Å². The highest BCUT2D eigenvalue weighted by atomic mass is 19.1. The number of fused-ring (bicyclic) bond motifs is 1. The molecular weight excluding hydrogens is 418 g/mol. The third kappa shape index (κ3) is 3.39. The molecule has 9 heteroatoms. The molecule has 5 rings (SSSR count). The number of benzene rings is 1. The Morgan fingerprint density at radius 2 is 1.91 bits per heavy atom. The summed E-state index contributed by atoms with van der Waals surface area (Å²) in [5.41, 5.74) is 1.53. The molecule has 1 N–H and O–H groups in total. The Labute approximate surface area is 184 Å². The van der Waals surface area contributed by atoms with Crippen LogP contribution in [0.3, 0.4) is 0 Å². The second-order valence-electron chi connectivity index (χ2n) is 9.23. The van der Waals surface area contributed by atoms with E-state index in [2.05, 4.69) is 10.4 Å². The molecule has 4 atom stereocenters. The maximum absolute atomic E-state index is 14.7. The van der Waals surface area contributed by atoms with Gasteiger partial charge in [-0.3, -0.25) is 14.3 Å². The molecule has 0 unspecified atom stereocenters.